The summed E-state index contributed by atoms with van der Waals surface area (Å²) in [5.41, 5.74) is 1.01. The number of rotatable bonds is 4. The van der Waals surface area contributed by atoms with Crippen LogP contribution in [0.1, 0.15) is 40.0 Å². The maximum Gasteiger partial charge on any atom is 0.230 e. The second-order valence-corrected chi connectivity index (χ2v) is 4.04. The number of likely N-dealkylation sites (tertiary alicyclic amines) is 1. The smallest absolute Gasteiger partial charge is 0.230 e. The van der Waals surface area contributed by atoms with Gasteiger partial charge in [0.25, 0.3) is 0 Å². The molecule has 0 N–H and O–H groups in total. The van der Waals surface area contributed by atoms with Crippen LogP contribution in [0.15, 0.2) is 12.3 Å². The third-order valence-corrected chi connectivity index (χ3v) is 3.35. The van der Waals surface area contributed by atoms with E-state index < -0.39 is 0 Å². The molecule has 0 saturated carbocycles. The predicted molar refractivity (Wildman–Crippen MR) is 58.7 cm³/mol. The zero-order valence-corrected chi connectivity index (χ0v) is 9.55. The summed E-state index contributed by atoms with van der Waals surface area (Å²) in [5, 5.41) is 0. The number of carbonyl (C=O) groups excluding carboxylic acids is 1. The van der Waals surface area contributed by atoms with Crippen LogP contribution >= 0.6 is 0 Å². The van der Waals surface area contributed by atoms with Gasteiger partial charge in [0.2, 0.25) is 5.91 Å². The highest BCUT2D eigenvalue weighted by molar-refractivity contribution is 5.84. The van der Waals surface area contributed by atoms with Gasteiger partial charge in [0.05, 0.1) is 0 Å². The molecule has 14 heavy (non-hydrogen) atoms. The molecule has 0 aromatic heterocycles. The fourth-order valence-electron chi connectivity index (χ4n) is 2.41. The largest absolute Gasteiger partial charge is 0.317 e. The Morgan fingerprint density at radius 2 is 2.00 bits per heavy atom. The Bertz CT molecular complexity index is 230. The molecule has 0 bridgehead atoms. The molecular formula is C12H21NO. The molecule has 1 heterocycles. The first-order chi connectivity index (χ1) is 6.65. The second-order valence-electron chi connectivity index (χ2n) is 4.04. The van der Waals surface area contributed by atoms with E-state index in [-0.39, 0.29) is 5.92 Å². The van der Waals surface area contributed by atoms with Crippen LogP contribution in [0.2, 0.25) is 0 Å². The zero-order chi connectivity index (χ0) is 10.7. The Morgan fingerprint density at radius 3 is 2.36 bits per heavy atom. The van der Waals surface area contributed by atoms with Gasteiger partial charge in [0.15, 0.2) is 0 Å². The van der Waals surface area contributed by atoms with E-state index in [0.717, 1.165) is 31.5 Å². The van der Waals surface area contributed by atoms with Crippen molar-refractivity contribution >= 4 is 5.91 Å². The summed E-state index contributed by atoms with van der Waals surface area (Å²) in [4.78, 5) is 13.8. The zero-order valence-electron chi connectivity index (χ0n) is 9.55. The maximum absolute atomic E-state index is 12.0. The second kappa shape index (κ2) is 4.63. The fourth-order valence-corrected chi connectivity index (χ4v) is 2.41. The monoisotopic (exact) mass is 195 g/mol. The molecule has 1 amide bonds. The third-order valence-electron chi connectivity index (χ3n) is 3.35. The molecule has 0 aliphatic carbocycles. The van der Waals surface area contributed by atoms with Crippen LogP contribution in [-0.2, 0) is 4.79 Å². The highest BCUT2D eigenvalue weighted by Gasteiger charge is 2.37. The molecule has 1 saturated heterocycles. The minimum absolute atomic E-state index is 0.206. The van der Waals surface area contributed by atoms with E-state index in [0.29, 0.717) is 11.8 Å². The van der Waals surface area contributed by atoms with Gasteiger partial charge in [-0.05, 0) is 19.3 Å². The van der Waals surface area contributed by atoms with E-state index in [1.807, 2.05) is 11.8 Å². The van der Waals surface area contributed by atoms with Crippen LogP contribution in [0.25, 0.3) is 0 Å². The Labute approximate surface area is 87.0 Å². The maximum atomic E-state index is 12.0. The quantitative estimate of drug-likeness (QED) is 0.675. The minimum atomic E-state index is 0.206. The van der Waals surface area contributed by atoms with Crippen molar-refractivity contribution in [1.82, 2.24) is 4.90 Å². The summed E-state index contributed by atoms with van der Waals surface area (Å²) in [6.45, 7) is 11.1. The van der Waals surface area contributed by atoms with Gasteiger partial charge >= 0.3 is 0 Å². The van der Waals surface area contributed by atoms with Crippen molar-refractivity contribution < 1.29 is 4.79 Å². The molecule has 0 radical (unpaired) electrons. The summed E-state index contributed by atoms with van der Waals surface area (Å²) in [6.07, 6.45) is 3.06. The van der Waals surface area contributed by atoms with Crippen LogP contribution in [0.5, 0.6) is 0 Å². The molecule has 1 aliphatic heterocycles. The molecule has 0 spiro atoms. The summed E-state index contributed by atoms with van der Waals surface area (Å²) >= 11 is 0. The fraction of sp³-hybridized carbons (Fsp3) is 0.750. The molecule has 1 fully saturated rings. The average molecular weight is 195 g/mol. The standard InChI is InChI=1S/C12H21NO/c1-5-10(6-2)11-8-9(4)13(7-3)12(11)14/h10-11H,4-8H2,1-3H3/t11-/m1/s1. The van der Waals surface area contributed by atoms with Crippen molar-refractivity contribution in [2.75, 3.05) is 6.54 Å². The summed E-state index contributed by atoms with van der Waals surface area (Å²) in [6, 6.07) is 0. The number of allylic oxidation sites excluding steroid dienone is 1. The first kappa shape index (κ1) is 11.3. The predicted octanol–water partition coefficient (Wildman–Crippen LogP) is 2.80. The van der Waals surface area contributed by atoms with Gasteiger partial charge in [-0.25, -0.2) is 0 Å². The van der Waals surface area contributed by atoms with E-state index in [9.17, 15) is 4.79 Å². The number of nitrogens with zero attached hydrogens (tertiary/aromatic N) is 1. The van der Waals surface area contributed by atoms with Crippen molar-refractivity contribution in [3.05, 3.63) is 12.3 Å². The lowest BCUT2D eigenvalue weighted by molar-refractivity contribution is -0.131. The van der Waals surface area contributed by atoms with Crippen molar-refractivity contribution in [1.29, 1.82) is 0 Å². The van der Waals surface area contributed by atoms with Crippen LogP contribution in [-0.4, -0.2) is 17.4 Å². The highest BCUT2D eigenvalue weighted by Crippen LogP contribution is 2.34. The normalized spacial score (nSPS) is 22.6. The van der Waals surface area contributed by atoms with Crippen molar-refractivity contribution in [3.63, 3.8) is 0 Å². The SMILES string of the molecule is C=C1C[C@H](C(CC)CC)C(=O)N1CC. The highest BCUT2D eigenvalue weighted by atomic mass is 16.2. The number of hydrogen-bond acceptors (Lipinski definition) is 1. The first-order valence-electron chi connectivity index (χ1n) is 5.64. The Balaban J connectivity index is 2.74. The van der Waals surface area contributed by atoms with Gasteiger partial charge < -0.3 is 4.90 Å². The van der Waals surface area contributed by atoms with Crippen LogP contribution in [0, 0.1) is 11.8 Å². The van der Waals surface area contributed by atoms with Gasteiger partial charge in [0, 0.05) is 18.2 Å². The molecule has 0 aromatic rings. The number of carbonyl (C=O) groups is 1. The van der Waals surface area contributed by atoms with E-state index in [1.165, 1.54) is 0 Å². The minimum Gasteiger partial charge on any atom is -0.317 e. The first-order valence-corrected chi connectivity index (χ1v) is 5.64. The lowest BCUT2D eigenvalue weighted by atomic mass is 9.86. The Hall–Kier alpha value is -0.790. The average Bonchev–Trinajstić information content (AvgIpc) is 2.45. The van der Waals surface area contributed by atoms with Crippen molar-refractivity contribution in [3.8, 4) is 0 Å². The van der Waals surface area contributed by atoms with Crippen LogP contribution in [0.3, 0.4) is 0 Å². The molecule has 0 unspecified atom stereocenters. The molecule has 1 rings (SSSR count). The van der Waals surface area contributed by atoms with Gasteiger partial charge in [-0.2, -0.15) is 0 Å². The van der Waals surface area contributed by atoms with Crippen molar-refractivity contribution in [2.45, 2.75) is 40.0 Å². The molecule has 0 aromatic carbocycles. The molecule has 80 valence electrons. The van der Waals surface area contributed by atoms with Gasteiger partial charge in [0.1, 0.15) is 0 Å². The van der Waals surface area contributed by atoms with Gasteiger partial charge in [-0.15, -0.1) is 0 Å². The molecule has 1 atom stereocenters. The topological polar surface area (TPSA) is 20.3 Å². The van der Waals surface area contributed by atoms with Gasteiger partial charge in [-0.1, -0.05) is 33.3 Å². The van der Waals surface area contributed by atoms with Crippen LogP contribution in [0.4, 0.5) is 0 Å². The summed E-state index contributed by atoms with van der Waals surface area (Å²) in [7, 11) is 0. The summed E-state index contributed by atoms with van der Waals surface area (Å²) < 4.78 is 0. The van der Waals surface area contributed by atoms with Crippen molar-refractivity contribution in [2.24, 2.45) is 11.8 Å². The molecule has 2 heteroatoms. The number of amides is 1. The Kier molecular flexibility index (Phi) is 3.73. The van der Waals surface area contributed by atoms with E-state index in [4.69, 9.17) is 0 Å². The Morgan fingerprint density at radius 1 is 1.43 bits per heavy atom. The van der Waals surface area contributed by atoms with Crippen LogP contribution < -0.4 is 0 Å². The van der Waals surface area contributed by atoms with E-state index >= 15 is 0 Å². The molecule has 1 aliphatic rings. The lowest BCUT2D eigenvalue weighted by Crippen LogP contribution is -2.28. The number of hydrogen-bond donors (Lipinski definition) is 0. The molecular weight excluding hydrogens is 174 g/mol. The third kappa shape index (κ3) is 1.84. The summed E-state index contributed by atoms with van der Waals surface area (Å²) in [5.74, 6) is 1.04. The van der Waals surface area contributed by atoms with E-state index in [1.54, 1.807) is 0 Å². The molecule has 2 nitrogen and oxygen atoms in total. The lowest BCUT2D eigenvalue weighted by Gasteiger charge is -2.19. The van der Waals surface area contributed by atoms with Gasteiger partial charge in [-0.3, -0.25) is 4.79 Å². The van der Waals surface area contributed by atoms with E-state index in [2.05, 4.69) is 20.4 Å².